The normalized spacial score (nSPS) is 12.6. The predicted molar refractivity (Wildman–Crippen MR) is 62.6 cm³/mol. The van der Waals surface area contributed by atoms with Crippen LogP contribution in [-0.2, 0) is 4.79 Å². The molecule has 15 heavy (non-hydrogen) atoms. The van der Waals surface area contributed by atoms with Crippen LogP contribution in [0.4, 0.5) is 10.1 Å². The zero-order valence-corrected chi connectivity index (χ0v) is 10.2. The van der Waals surface area contributed by atoms with Crippen LogP contribution in [0.2, 0.25) is 0 Å². The van der Waals surface area contributed by atoms with E-state index >= 15 is 0 Å². The molecule has 1 aromatic carbocycles. The van der Waals surface area contributed by atoms with E-state index in [1.54, 1.807) is 12.1 Å². The lowest BCUT2D eigenvalue weighted by Gasteiger charge is -2.13. The molecule has 0 aliphatic carbocycles. The number of hydrogen-bond donors (Lipinski definition) is 1. The third-order valence-corrected chi connectivity index (χ3v) is 3.44. The molecule has 1 N–H and O–H groups in total. The first-order valence-electron chi connectivity index (χ1n) is 4.72. The van der Waals surface area contributed by atoms with E-state index in [0.717, 1.165) is 0 Å². The Bertz CT molecular complexity index is 354. The number of benzene rings is 1. The molecule has 0 saturated carbocycles. The molecular formula is C11H13BrFNO. The van der Waals surface area contributed by atoms with Gasteiger partial charge in [-0.15, -0.1) is 0 Å². The van der Waals surface area contributed by atoms with Crippen molar-refractivity contribution in [3.05, 3.63) is 30.1 Å². The van der Waals surface area contributed by atoms with Crippen LogP contribution in [0.25, 0.3) is 0 Å². The smallest absolute Gasteiger partial charge is 0.238 e. The van der Waals surface area contributed by atoms with Gasteiger partial charge in [0.25, 0.3) is 0 Å². The first-order chi connectivity index (χ1) is 7.02. The number of para-hydroxylation sites is 1. The van der Waals surface area contributed by atoms with Crippen molar-refractivity contribution in [2.45, 2.75) is 18.7 Å². The third kappa shape index (κ3) is 3.30. The summed E-state index contributed by atoms with van der Waals surface area (Å²) in [6.45, 7) is 3.83. The fourth-order valence-electron chi connectivity index (χ4n) is 1.07. The maximum atomic E-state index is 13.2. The van der Waals surface area contributed by atoms with Crippen LogP contribution in [0.5, 0.6) is 0 Å². The monoisotopic (exact) mass is 273 g/mol. The number of carbonyl (C=O) groups excluding carboxylic acids is 1. The first kappa shape index (κ1) is 12.2. The lowest BCUT2D eigenvalue weighted by Crippen LogP contribution is -2.27. The molecule has 1 aromatic rings. The quantitative estimate of drug-likeness (QED) is 0.843. The SMILES string of the molecule is CC(C)[C@@H](Br)C(=O)Nc1ccccc1F. The van der Waals surface area contributed by atoms with Crippen molar-refractivity contribution >= 4 is 27.5 Å². The highest BCUT2D eigenvalue weighted by Gasteiger charge is 2.19. The van der Waals surface area contributed by atoms with Crippen molar-refractivity contribution < 1.29 is 9.18 Å². The van der Waals surface area contributed by atoms with E-state index in [-0.39, 0.29) is 22.3 Å². The number of hydrogen-bond acceptors (Lipinski definition) is 1. The van der Waals surface area contributed by atoms with Crippen molar-refractivity contribution in [2.75, 3.05) is 5.32 Å². The maximum Gasteiger partial charge on any atom is 0.238 e. The average molecular weight is 274 g/mol. The van der Waals surface area contributed by atoms with Gasteiger partial charge in [0.1, 0.15) is 5.82 Å². The zero-order valence-electron chi connectivity index (χ0n) is 8.63. The number of alkyl halides is 1. The molecule has 2 nitrogen and oxygen atoms in total. The maximum absolute atomic E-state index is 13.2. The number of rotatable bonds is 3. The highest BCUT2D eigenvalue weighted by atomic mass is 79.9. The number of carbonyl (C=O) groups is 1. The Kier molecular flexibility index (Phi) is 4.27. The Hall–Kier alpha value is -0.900. The molecule has 0 spiro atoms. The van der Waals surface area contributed by atoms with Gasteiger partial charge in [0.15, 0.2) is 0 Å². The van der Waals surface area contributed by atoms with Crippen molar-refractivity contribution in [1.82, 2.24) is 0 Å². The predicted octanol–water partition coefficient (Wildman–Crippen LogP) is 3.18. The van der Waals surface area contributed by atoms with Gasteiger partial charge in [-0.25, -0.2) is 4.39 Å². The molecule has 82 valence electrons. The summed E-state index contributed by atoms with van der Waals surface area (Å²) < 4.78 is 13.2. The van der Waals surface area contributed by atoms with Crippen molar-refractivity contribution in [2.24, 2.45) is 5.92 Å². The van der Waals surface area contributed by atoms with Crippen molar-refractivity contribution in [3.8, 4) is 0 Å². The average Bonchev–Trinajstić information content (AvgIpc) is 2.20. The Morgan fingerprint density at radius 2 is 2.00 bits per heavy atom. The van der Waals surface area contributed by atoms with E-state index in [9.17, 15) is 9.18 Å². The molecule has 0 radical (unpaired) electrons. The molecule has 1 atom stereocenters. The first-order valence-corrected chi connectivity index (χ1v) is 5.63. The highest BCUT2D eigenvalue weighted by Crippen LogP contribution is 2.17. The minimum absolute atomic E-state index is 0.164. The Morgan fingerprint density at radius 1 is 1.40 bits per heavy atom. The fourth-order valence-corrected chi connectivity index (χ4v) is 1.18. The van der Waals surface area contributed by atoms with Crippen LogP contribution in [0, 0.1) is 11.7 Å². The molecule has 1 amide bonds. The van der Waals surface area contributed by atoms with Gasteiger partial charge >= 0.3 is 0 Å². The van der Waals surface area contributed by atoms with Gasteiger partial charge in [-0.3, -0.25) is 4.79 Å². The summed E-state index contributed by atoms with van der Waals surface area (Å²) in [5.74, 6) is -0.485. The minimum Gasteiger partial charge on any atom is -0.323 e. The van der Waals surface area contributed by atoms with E-state index < -0.39 is 5.82 Å². The lowest BCUT2D eigenvalue weighted by atomic mass is 10.1. The number of anilines is 1. The molecular weight excluding hydrogens is 261 g/mol. The molecule has 0 aliphatic rings. The van der Waals surface area contributed by atoms with Gasteiger partial charge in [-0.1, -0.05) is 41.9 Å². The molecule has 0 aromatic heterocycles. The molecule has 0 aliphatic heterocycles. The summed E-state index contributed by atoms with van der Waals surface area (Å²) in [5, 5.41) is 2.53. The van der Waals surface area contributed by atoms with Gasteiger partial charge in [0.05, 0.1) is 10.5 Å². The Balaban J connectivity index is 2.71. The van der Waals surface area contributed by atoms with Gasteiger partial charge in [-0.2, -0.15) is 0 Å². The molecule has 1 rings (SSSR count). The van der Waals surface area contributed by atoms with E-state index in [0.29, 0.717) is 0 Å². The highest BCUT2D eigenvalue weighted by molar-refractivity contribution is 9.10. The summed E-state index contributed by atoms with van der Waals surface area (Å²) in [7, 11) is 0. The topological polar surface area (TPSA) is 29.1 Å². The lowest BCUT2D eigenvalue weighted by molar-refractivity contribution is -0.116. The van der Waals surface area contributed by atoms with E-state index in [2.05, 4.69) is 21.2 Å². The minimum atomic E-state index is -0.422. The molecule has 0 saturated heterocycles. The van der Waals surface area contributed by atoms with E-state index in [1.807, 2.05) is 13.8 Å². The number of nitrogens with one attached hydrogen (secondary N) is 1. The van der Waals surface area contributed by atoms with Gasteiger partial charge in [0.2, 0.25) is 5.91 Å². The number of halogens is 2. The summed E-state index contributed by atoms with van der Waals surface area (Å²) >= 11 is 3.26. The number of amides is 1. The van der Waals surface area contributed by atoms with Crippen LogP contribution >= 0.6 is 15.9 Å². The molecule has 0 bridgehead atoms. The molecule has 0 unspecified atom stereocenters. The van der Waals surface area contributed by atoms with Crippen LogP contribution < -0.4 is 5.32 Å². The Labute approximate surface area is 97.0 Å². The Morgan fingerprint density at radius 3 is 2.53 bits per heavy atom. The van der Waals surface area contributed by atoms with Crippen LogP contribution in [-0.4, -0.2) is 10.7 Å². The second-order valence-corrected chi connectivity index (χ2v) is 4.60. The summed E-state index contributed by atoms with van der Waals surface area (Å²) in [4.78, 5) is 11.3. The summed E-state index contributed by atoms with van der Waals surface area (Å²) in [6.07, 6.45) is 0. The standard InChI is InChI=1S/C11H13BrFNO/c1-7(2)10(12)11(15)14-9-6-4-3-5-8(9)13/h3-7,10H,1-2H3,(H,14,15)/t10-/m1/s1. The third-order valence-electron chi connectivity index (χ3n) is 1.97. The van der Waals surface area contributed by atoms with Gasteiger partial charge < -0.3 is 5.32 Å². The van der Waals surface area contributed by atoms with Gasteiger partial charge in [-0.05, 0) is 18.1 Å². The molecule has 0 fully saturated rings. The van der Waals surface area contributed by atoms with E-state index in [1.165, 1.54) is 12.1 Å². The second kappa shape index (κ2) is 5.26. The van der Waals surface area contributed by atoms with E-state index in [4.69, 9.17) is 0 Å². The largest absolute Gasteiger partial charge is 0.323 e. The summed E-state index contributed by atoms with van der Waals surface area (Å²) in [5.41, 5.74) is 0.215. The van der Waals surface area contributed by atoms with Crippen molar-refractivity contribution in [3.63, 3.8) is 0 Å². The zero-order chi connectivity index (χ0) is 11.4. The summed E-state index contributed by atoms with van der Waals surface area (Å²) in [6, 6.07) is 6.11. The van der Waals surface area contributed by atoms with Crippen molar-refractivity contribution in [1.29, 1.82) is 0 Å². The van der Waals surface area contributed by atoms with Gasteiger partial charge in [0, 0.05) is 0 Å². The molecule has 0 heterocycles. The fraction of sp³-hybridized carbons (Fsp3) is 0.364. The second-order valence-electron chi connectivity index (χ2n) is 3.61. The van der Waals surface area contributed by atoms with Crippen LogP contribution in [0.15, 0.2) is 24.3 Å². The van der Waals surface area contributed by atoms with Crippen LogP contribution in [0.3, 0.4) is 0 Å². The van der Waals surface area contributed by atoms with Crippen LogP contribution in [0.1, 0.15) is 13.8 Å². The molecule has 4 heteroatoms.